The van der Waals surface area contributed by atoms with Crippen LogP contribution in [0.4, 0.5) is 23.5 Å². The summed E-state index contributed by atoms with van der Waals surface area (Å²) in [4.78, 5) is 12.4. The Kier molecular flexibility index (Phi) is 6.93. The fourth-order valence-electron chi connectivity index (χ4n) is 4.15. The average molecular weight is 513 g/mol. The zero-order valence-corrected chi connectivity index (χ0v) is 19.8. The monoisotopic (exact) mass is 512 g/mol. The Morgan fingerprint density at radius 3 is 2.43 bits per heavy atom. The van der Waals surface area contributed by atoms with E-state index in [1.165, 1.54) is 0 Å². The van der Waals surface area contributed by atoms with Crippen LogP contribution in [-0.4, -0.2) is 52.6 Å². The minimum absolute atomic E-state index is 0.0477. The molecule has 0 saturated carbocycles. The number of pyridine rings is 1. The van der Waals surface area contributed by atoms with Crippen molar-refractivity contribution >= 4 is 26.9 Å². The van der Waals surface area contributed by atoms with E-state index in [0.717, 1.165) is 16.6 Å². The number of alkyl halides is 2. The van der Waals surface area contributed by atoms with Gasteiger partial charge in [-0.3, -0.25) is 4.98 Å². The van der Waals surface area contributed by atoms with Crippen molar-refractivity contribution in [3.63, 3.8) is 0 Å². The van der Waals surface area contributed by atoms with E-state index in [9.17, 15) is 26.0 Å². The topological polar surface area (TPSA) is 114 Å². The number of nitrogens with one attached hydrogen (secondary N) is 1. The van der Waals surface area contributed by atoms with Crippen LogP contribution in [0.25, 0.3) is 22.2 Å². The number of halogens is 4. The van der Waals surface area contributed by atoms with E-state index < -0.39 is 33.5 Å². The standard InChI is InChI=1S/C22H24F4N6O2S/c1-11-7-15(12(2)27)16-8-13(9-17(23)20(16)29-11)19-18(24)10-28-22(31-19)30-14-3-5-32(6-4-14)35(33,34)21(25)26/h7-10,12,14,21H,3-6,27H2,1-2H3,(H,28,30,31). The number of rotatable bonds is 6. The highest BCUT2D eigenvalue weighted by Crippen LogP contribution is 2.31. The Balaban J connectivity index is 1.61. The third kappa shape index (κ3) is 5.07. The summed E-state index contributed by atoms with van der Waals surface area (Å²) in [5, 5.41) is 3.43. The Hall–Kier alpha value is -2.90. The first-order valence-electron chi connectivity index (χ1n) is 10.9. The third-order valence-corrected chi connectivity index (χ3v) is 7.44. The quantitative estimate of drug-likeness (QED) is 0.484. The Bertz CT molecular complexity index is 1360. The van der Waals surface area contributed by atoms with E-state index in [4.69, 9.17) is 5.73 Å². The Morgan fingerprint density at radius 2 is 1.80 bits per heavy atom. The van der Waals surface area contributed by atoms with Crippen LogP contribution in [0.15, 0.2) is 24.4 Å². The molecule has 1 aromatic carbocycles. The molecule has 1 fully saturated rings. The molecule has 0 radical (unpaired) electrons. The van der Waals surface area contributed by atoms with Crippen LogP contribution in [0.2, 0.25) is 0 Å². The molecule has 1 atom stereocenters. The van der Waals surface area contributed by atoms with Crippen molar-refractivity contribution in [3.05, 3.63) is 47.3 Å². The molecular weight excluding hydrogens is 488 g/mol. The van der Waals surface area contributed by atoms with E-state index in [2.05, 4.69) is 20.3 Å². The van der Waals surface area contributed by atoms with Crippen LogP contribution in [0.1, 0.15) is 37.1 Å². The molecule has 3 heterocycles. The molecule has 1 saturated heterocycles. The smallest absolute Gasteiger partial charge is 0.350 e. The van der Waals surface area contributed by atoms with Gasteiger partial charge in [0.15, 0.2) is 5.82 Å². The zero-order valence-electron chi connectivity index (χ0n) is 19.0. The second-order valence-corrected chi connectivity index (χ2v) is 10.4. The highest BCUT2D eigenvalue weighted by molar-refractivity contribution is 7.89. The summed E-state index contributed by atoms with van der Waals surface area (Å²) in [6.07, 6.45) is 1.41. The maximum atomic E-state index is 15.0. The lowest BCUT2D eigenvalue weighted by atomic mass is 9.99. The molecule has 188 valence electrons. The molecule has 1 aliphatic heterocycles. The number of benzene rings is 1. The summed E-state index contributed by atoms with van der Waals surface area (Å²) in [5.41, 5.74) is 7.47. The number of anilines is 1. The van der Waals surface area contributed by atoms with Gasteiger partial charge in [-0.05, 0) is 50.5 Å². The lowest BCUT2D eigenvalue weighted by Crippen LogP contribution is -2.44. The van der Waals surface area contributed by atoms with Gasteiger partial charge in [-0.2, -0.15) is 13.1 Å². The fourth-order valence-corrected chi connectivity index (χ4v) is 5.09. The van der Waals surface area contributed by atoms with Crippen LogP contribution in [0.5, 0.6) is 0 Å². The number of aromatic nitrogens is 3. The van der Waals surface area contributed by atoms with Gasteiger partial charge in [-0.1, -0.05) is 0 Å². The minimum atomic E-state index is -4.64. The highest BCUT2D eigenvalue weighted by Gasteiger charge is 2.35. The fraction of sp³-hybridized carbons (Fsp3) is 0.409. The van der Waals surface area contributed by atoms with Crippen molar-refractivity contribution in [2.45, 2.75) is 44.5 Å². The molecule has 2 aromatic heterocycles. The van der Waals surface area contributed by atoms with Crippen LogP contribution in [0, 0.1) is 18.6 Å². The predicted octanol–water partition coefficient (Wildman–Crippen LogP) is 3.73. The normalized spacial score (nSPS) is 16.7. The molecule has 0 aliphatic carbocycles. The molecular formula is C22H24F4N6O2S. The largest absolute Gasteiger partial charge is 0.351 e. The number of sulfonamides is 1. The van der Waals surface area contributed by atoms with E-state index in [-0.39, 0.29) is 54.7 Å². The van der Waals surface area contributed by atoms with Gasteiger partial charge in [-0.15, -0.1) is 0 Å². The van der Waals surface area contributed by atoms with E-state index in [1.54, 1.807) is 26.0 Å². The van der Waals surface area contributed by atoms with Crippen molar-refractivity contribution in [3.8, 4) is 11.3 Å². The minimum Gasteiger partial charge on any atom is -0.351 e. The van der Waals surface area contributed by atoms with Crippen LogP contribution >= 0.6 is 0 Å². The molecule has 1 aliphatic rings. The van der Waals surface area contributed by atoms with Crippen LogP contribution in [-0.2, 0) is 10.0 Å². The average Bonchev–Trinajstić information content (AvgIpc) is 2.80. The zero-order chi connectivity index (χ0) is 25.5. The highest BCUT2D eigenvalue weighted by atomic mass is 32.2. The van der Waals surface area contributed by atoms with E-state index in [0.29, 0.717) is 16.6 Å². The van der Waals surface area contributed by atoms with Crippen molar-refractivity contribution in [2.75, 3.05) is 18.4 Å². The number of nitrogens with two attached hydrogens (primary N) is 1. The second kappa shape index (κ2) is 9.63. The number of hydrogen-bond acceptors (Lipinski definition) is 7. The maximum absolute atomic E-state index is 15.0. The first-order valence-corrected chi connectivity index (χ1v) is 12.4. The molecule has 3 N–H and O–H groups in total. The van der Waals surface area contributed by atoms with Crippen molar-refractivity contribution in [1.82, 2.24) is 19.3 Å². The van der Waals surface area contributed by atoms with Crippen molar-refractivity contribution in [2.24, 2.45) is 5.73 Å². The molecule has 4 rings (SSSR count). The number of nitrogens with zero attached hydrogens (tertiary/aromatic N) is 4. The first-order chi connectivity index (χ1) is 16.5. The van der Waals surface area contributed by atoms with Gasteiger partial charge in [-0.25, -0.2) is 27.2 Å². The Morgan fingerprint density at radius 1 is 1.11 bits per heavy atom. The summed E-state index contributed by atoms with van der Waals surface area (Å²) in [7, 11) is -4.64. The van der Waals surface area contributed by atoms with Gasteiger partial charge in [0.2, 0.25) is 5.95 Å². The van der Waals surface area contributed by atoms with Gasteiger partial charge in [0.25, 0.3) is 10.0 Å². The van der Waals surface area contributed by atoms with Gasteiger partial charge < -0.3 is 11.1 Å². The number of hydrogen-bond donors (Lipinski definition) is 2. The van der Waals surface area contributed by atoms with Crippen molar-refractivity contribution < 1.29 is 26.0 Å². The summed E-state index contributed by atoms with van der Waals surface area (Å²) < 4.78 is 79.2. The number of piperidine rings is 1. The number of aryl methyl sites for hydroxylation is 1. The molecule has 8 nitrogen and oxygen atoms in total. The molecule has 3 aromatic rings. The SMILES string of the molecule is Cc1cc(C(C)N)c2cc(-c3nc(NC4CCN(S(=O)(=O)C(F)F)CC4)ncc3F)cc(F)c2n1. The lowest BCUT2D eigenvalue weighted by molar-refractivity contribution is 0.212. The van der Waals surface area contributed by atoms with Gasteiger partial charge in [0, 0.05) is 41.8 Å². The summed E-state index contributed by atoms with van der Waals surface area (Å²) in [6.45, 7) is 3.29. The second-order valence-electron chi connectivity index (χ2n) is 8.51. The summed E-state index contributed by atoms with van der Waals surface area (Å²) >= 11 is 0. The summed E-state index contributed by atoms with van der Waals surface area (Å²) in [5.74, 6) is -4.84. The lowest BCUT2D eigenvalue weighted by Gasteiger charge is -2.31. The maximum Gasteiger partial charge on any atom is 0.350 e. The predicted molar refractivity (Wildman–Crippen MR) is 123 cm³/mol. The molecule has 0 bridgehead atoms. The van der Waals surface area contributed by atoms with E-state index in [1.807, 2.05) is 0 Å². The third-order valence-electron chi connectivity index (χ3n) is 5.91. The first kappa shape index (κ1) is 25.2. The van der Waals surface area contributed by atoms with Crippen LogP contribution < -0.4 is 11.1 Å². The van der Waals surface area contributed by atoms with Gasteiger partial charge >= 0.3 is 5.76 Å². The Labute approximate surface area is 199 Å². The summed E-state index contributed by atoms with van der Waals surface area (Å²) in [6, 6.07) is 3.73. The van der Waals surface area contributed by atoms with Crippen molar-refractivity contribution in [1.29, 1.82) is 0 Å². The van der Waals surface area contributed by atoms with Gasteiger partial charge in [0.05, 0.1) is 6.20 Å². The van der Waals surface area contributed by atoms with Gasteiger partial charge in [0.1, 0.15) is 17.0 Å². The van der Waals surface area contributed by atoms with Crippen LogP contribution in [0.3, 0.4) is 0 Å². The molecule has 13 heteroatoms. The molecule has 0 spiro atoms. The molecule has 1 unspecified atom stereocenters. The van der Waals surface area contributed by atoms with E-state index >= 15 is 0 Å². The number of fused-ring (bicyclic) bond motifs is 1. The molecule has 0 amide bonds. The molecule has 35 heavy (non-hydrogen) atoms.